The molecule has 2 unspecified atom stereocenters. The van der Waals surface area contributed by atoms with E-state index < -0.39 is 0 Å². The van der Waals surface area contributed by atoms with Crippen LogP contribution in [0.4, 0.5) is 0 Å². The Bertz CT molecular complexity index is 343. The highest BCUT2D eigenvalue weighted by atomic mass is 16.5. The van der Waals surface area contributed by atoms with E-state index in [0.29, 0.717) is 12.0 Å². The topological polar surface area (TPSA) is 30.5 Å². The molecule has 0 saturated carbocycles. The molecule has 3 nitrogen and oxygen atoms in total. The second kappa shape index (κ2) is 7.27. The van der Waals surface area contributed by atoms with Crippen LogP contribution in [0.15, 0.2) is 18.2 Å². The zero-order valence-corrected chi connectivity index (χ0v) is 12.1. The first-order valence-corrected chi connectivity index (χ1v) is 6.56. The summed E-state index contributed by atoms with van der Waals surface area (Å²) in [5.41, 5.74) is 1.18. The van der Waals surface area contributed by atoms with Gasteiger partial charge in [-0.1, -0.05) is 20.3 Å². The van der Waals surface area contributed by atoms with Crippen LogP contribution in [0.5, 0.6) is 11.5 Å². The molecule has 0 aliphatic heterocycles. The molecule has 1 rings (SSSR count). The summed E-state index contributed by atoms with van der Waals surface area (Å²) in [6.45, 7) is 7.55. The van der Waals surface area contributed by atoms with E-state index in [1.807, 2.05) is 18.2 Å². The Balaban J connectivity index is 2.66. The monoisotopic (exact) mass is 251 g/mol. The first-order chi connectivity index (χ1) is 8.60. The van der Waals surface area contributed by atoms with Crippen LogP contribution in [-0.4, -0.2) is 20.3 Å². The molecule has 18 heavy (non-hydrogen) atoms. The van der Waals surface area contributed by atoms with Crippen molar-refractivity contribution in [2.75, 3.05) is 14.2 Å². The van der Waals surface area contributed by atoms with Gasteiger partial charge < -0.3 is 14.8 Å². The zero-order chi connectivity index (χ0) is 13.5. The van der Waals surface area contributed by atoms with Crippen molar-refractivity contribution in [1.29, 1.82) is 0 Å². The highest BCUT2D eigenvalue weighted by Gasteiger charge is 2.09. The maximum absolute atomic E-state index is 5.26. The minimum atomic E-state index is 0.507. The molecule has 1 N–H and O–H groups in total. The smallest absolute Gasteiger partial charge is 0.122 e. The maximum Gasteiger partial charge on any atom is 0.122 e. The summed E-state index contributed by atoms with van der Waals surface area (Å²) in [5, 5.41) is 3.54. The third kappa shape index (κ3) is 4.22. The van der Waals surface area contributed by atoms with E-state index in [1.165, 1.54) is 12.0 Å². The molecular weight excluding hydrogens is 226 g/mol. The second-order valence-corrected chi connectivity index (χ2v) is 4.78. The lowest BCUT2D eigenvalue weighted by Gasteiger charge is -2.20. The molecule has 0 bridgehead atoms. The molecule has 0 saturated heterocycles. The van der Waals surface area contributed by atoms with Crippen LogP contribution in [-0.2, 0) is 6.54 Å². The Kier molecular flexibility index (Phi) is 5.99. The molecule has 0 aliphatic carbocycles. The minimum Gasteiger partial charge on any atom is -0.497 e. The number of methoxy groups -OCH3 is 2. The molecule has 0 aromatic heterocycles. The van der Waals surface area contributed by atoms with E-state index in [1.54, 1.807) is 14.2 Å². The van der Waals surface area contributed by atoms with E-state index in [4.69, 9.17) is 9.47 Å². The van der Waals surface area contributed by atoms with E-state index in [9.17, 15) is 0 Å². The van der Waals surface area contributed by atoms with E-state index in [2.05, 4.69) is 26.1 Å². The molecule has 1 aromatic rings. The van der Waals surface area contributed by atoms with Gasteiger partial charge in [0.2, 0.25) is 0 Å². The molecule has 2 atom stereocenters. The molecule has 0 spiro atoms. The van der Waals surface area contributed by atoms with Crippen LogP contribution in [0.25, 0.3) is 0 Å². The third-order valence-electron chi connectivity index (χ3n) is 3.54. The maximum atomic E-state index is 5.26. The summed E-state index contributed by atoms with van der Waals surface area (Å²) in [6, 6.07) is 6.48. The van der Waals surface area contributed by atoms with Gasteiger partial charge in [-0.25, -0.2) is 0 Å². The number of nitrogens with one attached hydrogen (secondary N) is 1. The van der Waals surface area contributed by atoms with Crippen LogP contribution in [0.1, 0.15) is 32.8 Å². The fourth-order valence-electron chi connectivity index (χ4n) is 1.80. The van der Waals surface area contributed by atoms with Gasteiger partial charge in [-0.2, -0.15) is 0 Å². The summed E-state index contributed by atoms with van der Waals surface area (Å²) in [7, 11) is 3.35. The van der Waals surface area contributed by atoms with Gasteiger partial charge in [-0.05, 0) is 30.5 Å². The van der Waals surface area contributed by atoms with Crippen LogP contribution in [0.3, 0.4) is 0 Å². The summed E-state index contributed by atoms with van der Waals surface area (Å²) >= 11 is 0. The molecule has 3 heteroatoms. The van der Waals surface area contributed by atoms with Crippen molar-refractivity contribution in [2.45, 2.75) is 39.8 Å². The van der Waals surface area contributed by atoms with Crippen molar-refractivity contribution in [2.24, 2.45) is 5.92 Å². The zero-order valence-electron chi connectivity index (χ0n) is 12.1. The predicted octanol–water partition coefficient (Wildman–Crippen LogP) is 3.23. The number of benzene rings is 1. The Morgan fingerprint density at radius 2 is 1.61 bits per heavy atom. The Labute approximate surface area is 110 Å². The lowest BCUT2D eigenvalue weighted by molar-refractivity contribution is 0.382. The van der Waals surface area contributed by atoms with Gasteiger partial charge in [-0.15, -0.1) is 0 Å². The summed E-state index contributed by atoms with van der Waals surface area (Å²) in [4.78, 5) is 0. The highest BCUT2D eigenvalue weighted by molar-refractivity contribution is 5.38. The molecular formula is C15H25NO2. The van der Waals surface area contributed by atoms with E-state index >= 15 is 0 Å². The molecule has 0 fully saturated rings. The first-order valence-electron chi connectivity index (χ1n) is 6.56. The summed E-state index contributed by atoms with van der Waals surface area (Å²) < 4.78 is 10.5. The van der Waals surface area contributed by atoms with Crippen molar-refractivity contribution < 1.29 is 9.47 Å². The second-order valence-electron chi connectivity index (χ2n) is 4.78. The standard InChI is InChI=1S/C15H25NO2/c1-6-11(2)12(3)16-10-13-7-14(17-4)9-15(8-13)18-5/h7-9,11-12,16H,6,10H2,1-5H3. The Hall–Kier alpha value is -1.22. The fraction of sp³-hybridized carbons (Fsp3) is 0.600. The fourth-order valence-corrected chi connectivity index (χ4v) is 1.80. The molecule has 0 radical (unpaired) electrons. The first kappa shape index (κ1) is 14.8. The van der Waals surface area contributed by atoms with Gasteiger partial charge >= 0.3 is 0 Å². The van der Waals surface area contributed by atoms with Gasteiger partial charge in [-0.3, -0.25) is 0 Å². The van der Waals surface area contributed by atoms with Gasteiger partial charge in [0.15, 0.2) is 0 Å². The lowest BCUT2D eigenvalue weighted by Crippen LogP contribution is -2.31. The average Bonchev–Trinajstić information content (AvgIpc) is 2.43. The van der Waals surface area contributed by atoms with Crippen molar-refractivity contribution in [3.63, 3.8) is 0 Å². The quantitative estimate of drug-likeness (QED) is 0.807. The van der Waals surface area contributed by atoms with E-state index in [0.717, 1.165) is 18.0 Å². The number of ether oxygens (including phenoxy) is 2. The van der Waals surface area contributed by atoms with Crippen LogP contribution in [0.2, 0.25) is 0 Å². The van der Waals surface area contributed by atoms with Gasteiger partial charge in [0, 0.05) is 18.7 Å². The lowest BCUT2D eigenvalue weighted by atomic mass is 10.0. The largest absolute Gasteiger partial charge is 0.497 e. The molecule has 0 aliphatic rings. The van der Waals surface area contributed by atoms with Crippen molar-refractivity contribution in [3.8, 4) is 11.5 Å². The SMILES string of the molecule is CCC(C)C(C)NCc1cc(OC)cc(OC)c1. The normalized spacial score (nSPS) is 14.1. The van der Waals surface area contributed by atoms with Crippen LogP contribution in [0, 0.1) is 5.92 Å². The van der Waals surface area contributed by atoms with Crippen molar-refractivity contribution >= 4 is 0 Å². The number of rotatable bonds is 7. The van der Waals surface area contributed by atoms with Crippen LogP contribution < -0.4 is 14.8 Å². The molecule has 1 aromatic carbocycles. The van der Waals surface area contributed by atoms with Crippen molar-refractivity contribution in [3.05, 3.63) is 23.8 Å². The predicted molar refractivity (Wildman–Crippen MR) is 75.3 cm³/mol. The number of hydrogen-bond donors (Lipinski definition) is 1. The number of hydrogen-bond acceptors (Lipinski definition) is 3. The van der Waals surface area contributed by atoms with Gasteiger partial charge in [0.1, 0.15) is 11.5 Å². The van der Waals surface area contributed by atoms with Gasteiger partial charge in [0.25, 0.3) is 0 Å². The van der Waals surface area contributed by atoms with Crippen molar-refractivity contribution in [1.82, 2.24) is 5.32 Å². The minimum absolute atomic E-state index is 0.507. The summed E-state index contributed by atoms with van der Waals surface area (Å²) in [6.07, 6.45) is 1.19. The Morgan fingerprint density at radius 3 is 2.06 bits per heavy atom. The molecule has 102 valence electrons. The Morgan fingerprint density at radius 1 is 1.06 bits per heavy atom. The van der Waals surface area contributed by atoms with Gasteiger partial charge in [0.05, 0.1) is 14.2 Å². The van der Waals surface area contributed by atoms with Crippen LogP contribution >= 0.6 is 0 Å². The van der Waals surface area contributed by atoms with E-state index in [-0.39, 0.29) is 0 Å². The molecule has 0 heterocycles. The average molecular weight is 251 g/mol. The molecule has 0 amide bonds. The highest BCUT2D eigenvalue weighted by Crippen LogP contribution is 2.22. The summed E-state index contributed by atoms with van der Waals surface area (Å²) in [5.74, 6) is 2.35. The third-order valence-corrected chi connectivity index (χ3v) is 3.54.